The van der Waals surface area contributed by atoms with Gasteiger partial charge in [0.1, 0.15) is 0 Å². The molecule has 2 atom stereocenters. The van der Waals surface area contributed by atoms with Crippen LogP contribution in [0.2, 0.25) is 0 Å². The maximum Gasteiger partial charge on any atom is 0.163 e. The van der Waals surface area contributed by atoms with Crippen LogP contribution in [-0.2, 0) is 4.79 Å². The summed E-state index contributed by atoms with van der Waals surface area (Å²) in [6.45, 7) is 5.91. The van der Waals surface area contributed by atoms with E-state index < -0.39 is 0 Å². The molecule has 0 aromatic carbocycles. The van der Waals surface area contributed by atoms with Crippen molar-refractivity contribution in [3.8, 4) is 0 Å². The second-order valence-corrected chi connectivity index (χ2v) is 6.61. The summed E-state index contributed by atoms with van der Waals surface area (Å²) in [4.78, 5) is 20.0. The molecule has 5 nitrogen and oxygen atoms in total. The van der Waals surface area contributed by atoms with Crippen LogP contribution in [0, 0.1) is 5.41 Å². The number of hydrogen-bond acceptors (Lipinski definition) is 3. The van der Waals surface area contributed by atoms with Crippen LogP contribution in [0.3, 0.4) is 0 Å². The normalized spacial score (nSPS) is 26.3. The number of aromatic nitrogens is 1. The van der Waals surface area contributed by atoms with Gasteiger partial charge in [-0.1, -0.05) is 31.1 Å². The minimum Gasteiger partial charge on any atom is -0.294 e. The van der Waals surface area contributed by atoms with Gasteiger partial charge in [-0.3, -0.25) is 9.78 Å². The molecule has 22 heavy (non-hydrogen) atoms. The van der Waals surface area contributed by atoms with Gasteiger partial charge in [-0.15, -0.1) is 0 Å². The number of azide groups is 1. The quantitative estimate of drug-likeness (QED) is 0.467. The van der Waals surface area contributed by atoms with Crippen molar-refractivity contribution >= 4 is 5.78 Å². The molecule has 0 amide bonds. The van der Waals surface area contributed by atoms with Gasteiger partial charge in [-0.05, 0) is 41.1 Å². The number of allylic oxidation sites excluding steroid dienone is 3. The topological polar surface area (TPSA) is 78.7 Å². The lowest BCUT2D eigenvalue weighted by molar-refractivity contribution is -0.118. The first-order valence-electron chi connectivity index (χ1n) is 7.37. The molecule has 1 aromatic heterocycles. The second kappa shape index (κ2) is 5.11. The van der Waals surface area contributed by atoms with Crippen molar-refractivity contribution in [2.45, 2.75) is 39.2 Å². The molecule has 0 saturated carbocycles. The van der Waals surface area contributed by atoms with Crippen LogP contribution < -0.4 is 0 Å². The third kappa shape index (κ3) is 2.14. The van der Waals surface area contributed by atoms with E-state index in [1.54, 1.807) is 6.20 Å². The van der Waals surface area contributed by atoms with Gasteiger partial charge >= 0.3 is 0 Å². The Kier molecular flexibility index (Phi) is 3.38. The Morgan fingerprint density at radius 2 is 2.18 bits per heavy atom. The molecule has 3 rings (SSSR count). The molecular formula is C17H18N4O. The lowest BCUT2D eigenvalue weighted by Gasteiger charge is -2.38. The fraction of sp³-hybridized carbons (Fsp3) is 0.412. The van der Waals surface area contributed by atoms with Gasteiger partial charge < -0.3 is 0 Å². The van der Waals surface area contributed by atoms with E-state index in [4.69, 9.17) is 5.53 Å². The van der Waals surface area contributed by atoms with E-state index in [0.717, 1.165) is 22.4 Å². The van der Waals surface area contributed by atoms with Crippen LogP contribution in [0.25, 0.3) is 10.4 Å². The average Bonchev–Trinajstić information content (AvgIpc) is 2.81. The highest BCUT2D eigenvalue weighted by Gasteiger charge is 2.46. The minimum atomic E-state index is -0.381. The highest BCUT2D eigenvalue weighted by Crippen LogP contribution is 2.50. The number of nitrogens with zero attached hydrogens (tertiary/aromatic N) is 4. The fourth-order valence-electron chi connectivity index (χ4n) is 3.59. The number of pyridine rings is 1. The molecule has 112 valence electrons. The zero-order valence-corrected chi connectivity index (χ0v) is 12.9. The molecule has 1 heterocycles. The van der Waals surface area contributed by atoms with Crippen molar-refractivity contribution in [3.05, 3.63) is 63.3 Å². The number of ketones is 1. The van der Waals surface area contributed by atoms with Crippen LogP contribution in [0.15, 0.2) is 52.3 Å². The molecule has 0 aliphatic heterocycles. The molecule has 0 radical (unpaired) electrons. The van der Waals surface area contributed by atoms with E-state index >= 15 is 0 Å². The maximum absolute atomic E-state index is 12.6. The van der Waals surface area contributed by atoms with Gasteiger partial charge in [0, 0.05) is 29.0 Å². The van der Waals surface area contributed by atoms with Gasteiger partial charge in [0.05, 0.1) is 11.7 Å². The fourth-order valence-corrected chi connectivity index (χ4v) is 3.59. The van der Waals surface area contributed by atoms with Gasteiger partial charge in [0.15, 0.2) is 5.78 Å². The first kappa shape index (κ1) is 14.5. The van der Waals surface area contributed by atoms with Crippen molar-refractivity contribution in [1.82, 2.24) is 4.98 Å². The number of rotatable bonds is 2. The Morgan fingerprint density at radius 1 is 1.41 bits per heavy atom. The monoisotopic (exact) mass is 294 g/mol. The molecule has 0 spiro atoms. The summed E-state index contributed by atoms with van der Waals surface area (Å²) in [5, 5.41) is 4.03. The van der Waals surface area contributed by atoms with Crippen LogP contribution >= 0.6 is 0 Å². The van der Waals surface area contributed by atoms with Crippen molar-refractivity contribution in [2.75, 3.05) is 0 Å². The molecule has 0 saturated heterocycles. The van der Waals surface area contributed by atoms with Crippen molar-refractivity contribution in [1.29, 1.82) is 0 Å². The van der Waals surface area contributed by atoms with Crippen LogP contribution in [0.5, 0.6) is 0 Å². The molecule has 2 aliphatic carbocycles. The number of hydrogen-bond donors (Lipinski definition) is 0. The molecule has 0 fully saturated rings. The highest BCUT2D eigenvalue weighted by molar-refractivity contribution is 6.03. The first-order valence-corrected chi connectivity index (χ1v) is 7.37. The summed E-state index contributed by atoms with van der Waals surface area (Å²) in [5.41, 5.74) is 12.1. The summed E-state index contributed by atoms with van der Waals surface area (Å²) < 4.78 is 0. The Balaban J connectivity index is 2.20. The zero-order chi connectivity index (χ0) is 15.9. The van der Waals surface area contributed by atoms with E-state index in [1.807, 2.05) is 39.0 Å². The smallest absolute Gasteiger partial charge is 0.163 e. The lowest BCUT2D eigenvalue weighted by Crippen LogP contribution is -2.38. The molecule has 2 aliphatic rings. The number of Topliss-reactive ketones (excluding diaryl/α,β-unsaturated/α-hetero) is 1. The number of carbonyl (C=O) groups is 1. The Bertz CT molecular complexity index is 739. The van der Waals surface area contributed by atoms with Crippen molar-refractivity contribution in [3.63, 3.8) is 0 Å². The maximum atomic E-state index is 12.6. The standard InChI is InChI=1S/C17H18N4O/c1-10-8-11(12-6-4-5-7-19-12)15-14(10)13(22)9-17(2,3)16(15)20-21-18/h4-8,11,16H,9H2,1-3H3. The third-order valence-electron chi connectivity index (χ3n) is 4.54. The largest absolute Gasteiger partial charge is 0.294 e. The Hall–Kier alpha value is -2.39. The van der Waals surface area contributed by atoms with Gasteiger partial charge in [0.2, 0.25) is 0 Å². The average molecular weight is 294 g/mol. The molecule has 0 bridgehead atoms. The predicted octanol–water partition coefficient (Wildman–Crippen LogP) is 4.10. The Morgan fingerprint density at radius 3 is 2.82 bits per heavy atom. The van der Waals surface area contributed by atoms with E-state index in [-0.39, 0.29) is 23.2 Å². The molecule has 2 unspecified atom stereocenters. The molecule has 0 N–H and O–H groups in total. The minimum absolute atomic E-state index is 0.0878. The lowest BCUT2D eigenvalue weighted by atomic mass is 9.68. The summed E-state index contributed by atoms with van der Waals surface area (Å²) in [7, 11) is 0. The van der Waals surface area contributed by atoms with Gasteiger partial charge in [-0.25, -0.2) is 0 Å². The zero-order valence-electron chi connectivity index (χ0n) is 12.9. The second-order valence-electron chi connectivity index (χ2n) is 6.61. The van der Waals surface area contributed by atoms with Gasteiger partial charge in [-0.2, -0.15) is 0 Å². The van der Waals surface area contributed by atoms with Gasteiger partial charge in [0.25, 0.3) is 0 Å². The van der Waals surface area contributed by atoms with Crippen molar-refractivity contribution in [2.24, 2.45) is 10.5 Å². The molecule has 5 heteroatoms. The van der Waals surface area contributed by atoms with E-state index in [9.17, 15) is 4.79 Å². The van der Waals surface area contributed by atoms with Crippen LogP contribution in [0.4, 0.5) is 0 Å². The predicted molar refractivity (Wildman–Crippen MR) is 84.1 cm³/mol. The number of carbonyl (C=O) groups excluding carboxylic acids is 1. The Labute approximate surface area is 129 Å². The summed E-state index contributed by atoms with van der Waals surface area (Å²) in [6, 6.07) is 5.42. The van der Waals surface area contributed by atoms with E-state index in [0.29, 0.717) is 6.42 Å². The van der Waals surface area contributed by atoms with Crippen LogP contribution in [-0.4, -0.2) is 16.8 Å². The van der Waals surface area contributed by atoms with Crippen LogP contribution in [0.1, 0.15) is 38.8 Å². The molecule has 1 aromatic rings. The summed E-state index contributed by atoms with van der Waals surface area (Å²) >= 11 is 0. The summed E-state index contributed by atoms with van der Waals surface area (Å²) in [5.74, 6) is 0.0480. The van der Waals surface area contributed by atoms with E-state index in [1.165, 1.54) is 0 Å². The first-order chi connectivity index (χ1) is 10.5. The third-order valence-corrected chi connectivity index (χ3v) is 4.54. The summed E-state index contributed by atoms with van der Waals surface area (Å²) in [6.07, 6.45) is 4.21. The highest BCUT2D eigenvalue weighted by atomic mass is 16.1. The SMILES string of the molecule is CC1=CC(c2ccccn2)C2=C1C(=O)CC(C)(C)C2N=[N+]=[N-]. The van der Waals surface area contributed by atoms with Crippen molar-refractivity contribution < 1.29 is 4.79 Å². The molecular weight excluding hydrogens is 276 g/mol. The van der Waals surface area contributed by atoms with E-state index in [2.05, 4.69) is 21.1 Å².